The van der Waals surface area contributed by atoms with Gasteiger partial charge in [0.25, 0.3) is 0 Å². The molecule has 0 saturated heterocycles. The number of carbonyl (C=O) groups excluding carboxylic acids is 1. The van der Waals surface area contributed by atoms with Crippen molar-refractivity contribution in [3.63, 3.8) is 0 Å². The van der Waals surface area contributed by atoms with E-state index < -0.39 is 0 Å². The smallest absolute Gasteiger partial charge is 0.151 e. The van der Waals surface area contributed by atoms with Gasteiger partial charge in [-0.2, -0.15) is 0 Å². The van der Waals surface area contributed by atoms with Crippen LogP contribution in [0, 0.1) is 0 Å². The number of hydrogen-bond acceptors (Lipinski definition) is 3. The Balaban J connectivity index is 2.16. The summed E-state index contributed by atoms with van der Waals surface area (Å²) in [5, 5.41) is 0.947. The second kappa shape index (κ2) is 4.66. The number of pyridine rings is 1. The monoisotopic (exact) mass is 251 g/mol. The molecule has 3 rings (SSSR count). The molecule has 0 aliphatic carbocycles. The third kappa shape index (κ3) is 2.02. The van der Waals surface area contributed by atoms with Crippen LogP contribution in [-0.4, -0.2) is 15.8 Å². The minimum atomic E-state index is 0.510. The van der Waals surface area contributed by atoms with Crippen molar-refractivity contribution in [3.8, 4) is 5.69 Å². The molecule has 4 heteroatoms. The Hall–Kier alpha value is -2.46. The van der Waals surface area contributed by atoms with Gasteiger partial charge >= 0.3 is 0 Å². The maximum Gasteiger partial charge on any atom is 0.151 e. The Morgan fingerprint density at radius 3 is 2.95 bits per heavy atom. The summed E-state index contributed by atoms with van der Waals surface area (Å²) in [6, 6.07) is 11.8. The number of aromatic nitrogens is 2. The van der Waals surface area contributed by atoms with Crippen LogP contribution in [0.15, 0.2) is 48.8 Å². The van der Waals surface area contributed by atoms with Gasteiger partial charge in [-0.05, 0) is 29.8 Å². The number of aldehydes is 1. The van der Waals surface area contributed by atoms with Crippen LogP contribution in [0.2, 0.25) is 0 Å². The van der Waals surface area contributed by atoms with Gasteiger partial charge in [-0.3, -0.25) is 4.79 Å². The van der Waals surface area contributed by atoms with Crippen LogP contribution in [-0.2, 0) is 6.54 Å². The van der Waals surface area contributed by atoms with E-state index >= 15 is 0 Å². The van der Waals surface area contributed by atoms with Gasteiger partial charge in [0.1, 0.15) is 5.65 Å². The Kier molecular flexibility index (Phi) is 2.85. The molecule has 0 unspecified atom stereocenters. The van der Waals surface area contributed by atoms with Gasteiger partial charge in [0.05, 0.1) is 0 Å². The topological polar surface area (TPSA) is 60.9 Å². The van der Waals surface area contributed by atoms with Gasteiger partial charge < -0.3 is 10.3 Å². The number of rotatable bonds is 3. The van der Waals surface area contributed by atoms with Gasteiger partial charge in [-0.1, -0.05) is 12.1 Å². The zero-order valence-corrected chi connectivity index (χ0v) is 10.3. The van der Waals surface area contributed by atoms with Crippen molar-refractivity contribution in [2.24, 2.45) is 5.73 Å². The first-order chi connectivity index (χ1) is 9.31. The summed E-state index contributed by atoms with van der Waals surface area (Å²) in [7, 11) is 0. The van der Waals surface area contributed by atoms with E-state index in [1.807, 2.05) is 47.2 Å². The second-order valence-corrected chi connectivity index (χ2v) is 4.36. The van der Waals surface area contributed by atoms with Crippen molar-refractivity contribution in [2.75, 3.05) is 0 Å². The van der Waals surface area contributed by atoms with E-state index in [9.17, 15) is 4.79 Å². The predicted octanol–water partition coefficient (Wildman–Crippen LogP) is 2.30. The molecule has 3 aromatic rings. The lowest BCUT2D eigenvalue weighted by atomic mass is 10.2. The maximum absolute atomic E-state index is 10.7. The fourth-order valence-electron chi connectivity index (χ4n) is 2.15. The number of fused-ring (bicyclic) bond motifs is 1. The zero-order valence-electron chi connectivity index (χ0n) is 10.3. The number of nitrogens with zero attached hydrogens (tertiary/aromatic N) is 2. The summed E-state index contributed by atoms with van der Waals surface area (Å²) >= 11 is 0. The standard InChI is InChI=1S/C15H13N3O/c16-8-11-2-1-3-14(7-11)18-5-4-13-6-12(10-19)9-17-15(13)18/h1-7,9-10H,8,16H2. The van der Waals surface area contributed by atoms with Gasteiger partial charge in [0.2, 0.25) is 0 Å². The van der Waals surface area contributed by atoms with Crippen molar-refractivity contribution in [3.05, 3.63) is 59.9 Å². The lowest BCUT2D eigenvalue weighted by molar-refractivity contribution is 0.112. The van der Waals surface area contributed by atoms with Crippen LogP contribution in [0.4, 0.5) is 0 Å². The van der Waals surface area contributed by atoms with Gasteiger partial charge in [-0.25, -0.2) is 4.98 Å². The lowest BCUT2D eigenvalue weighted by Crippen LogP contribution is -1.99. The van der Waals surface area contributed by atoms with Gasteiger partial charge in [-0.15, -0.1) is 0 Å². The van der Waals surface area contributed by atoms with E-state index in [4.69, 9.17) is 5.73 Å². The quantitative estimate of drug-likeness (QED) is 0.726. The van der Waals surface area contributed by atoms with Gasteiger partial charge in [0.15, 0.2) is 6.29 Å². The molecule has 4 nitrogen and oxygen atoms in total. The molecule has 0 radical (unpaired) electrons. The van der Waals surface area contributed by atoms with Crippen LogP contribution in [0.25, 0.3) is 16.7 Å². The van der Waals surface area contributed by atoms with E-state index in [-0.39, 0.29) is 0 Å². The molecule has 0 bridgehead atoms. The Morgan fingerprint density at radius 1 is 1.26 bits per heavy atom. The SMILES string of the molecule is NCc1cccc(-n2ccc3cc(C=O)cnc32)c1. The second-order valence-electron chi connectivity index (χ2n) is 4.36. The molecular weight excluding hydrogens is 238 g/mol. The summed E-state index contributed by atoms with van der Waals surface area (Å²) in [6.07, 6.45) is 4.33. The highest BCUT2D eigenvalue weighted by Gasteiger charge is 2.05. The Bertz CT molecular complexity index is 746. The molecule has 2 N–H and O–H groups in total. The van der Waals surface area contributed by atoms with E-state index in [0.29, 0.717) is 12.1 Å². The molecule has 94 valence electrons. The Labute approximate surface area is 110 Å². The lowest BCUT2D eigenvalue weighted by Gasteiger charge is -2.06. The molecule has 0 saturated carbocycles. The zero-order chi connectivity index (χ0) is 13.2. The summed E-state index contributed by atoms with van der Waals surface area (Å²) < 4.78 is 1.99. The molecular formula is C15H13N3O. The first kappa shape index (κ1) is 11.6. The van der Waals surface area contributed by atoms with Crippen LogP contribution in [0.3, 0.4) is 0 Å². The first-order valence-corrected chi connectivity index (χ1v) is 6.03. The molecule has 2 aromatic heterocycles. The molecule has 2 heterocycles. The number of nitrogens with two attached hydrogens (primary N) is 1. The molecule has 0 spiro atoms. The van der Waals surface area contributed by atoms with Crippen LogP contribution in [0.1, 0.15) is 15.9 Å². The van der Waals surface area contributed by atoms with Crippen LogP contribution in [0.5, 0.6) is 0 Å². The fourth-order valence-corrected chi connectivity index (χ4v) is 2.15. The molecule has 0 fully saturated rings. The fraction of sp³-hybridized carbons (Fsp3) is 0.0667. The average molecular weight is 251 g/mol. The largest absolute Gasteiger partial charge is 0.326 e. The summed E-state index contributed by atoms with van der Waals surface area (Å²) in [5.74, 6) is 0. The molecule has 0 aliphatic heterocycles. The normalized spacial score (nSPS) is 10.8. The van der Waals surface area contributed by atoms with Crippen molar-refractivity contribution in [1.82, 2.24) is 9.55 Å². The minimum absolute atomic E-state index is 0.510. The average Bonchev–Trinajstić information content (AvgIpc) is 2.90. The highest BCUT2D eigenvalue weighted by Crippen LogP contribution is 2.19. The summed E-state index contributed by atoms with van der Waals surface area (Å²) in [6.45, 7) is 0.510. The third-order valence-electron chi connectivity index (χ3n) is 3.11. The third-order valence-corrected chi connectivity index (χ3v) is 3.11. The molecule has 19 heavy (non-hydrogen) atoms. The van der Waals surface area contributed by atoms with Crippen molar-refractivity contribution >= 4 is 17.3 Å². The molecule has 1 aromatic carbocycles. The first-order valence-electron chi connectivity index (χ1n) is 6.03. The van der Waals surface area contributed by atoms with Crippen molar-refractivity contribution in [1.29, 1.82) is 0 Å². The summed E-state index contributed by atoms with van der Waals surface area (Å²) in [4.78, 5) is 15.1. The van der Waals surface area contributed by atoms with Crippen LogP contribution >= 0.6 is 0 Å². The molecule has 0 atom stereocenters. The highest BCUT2D eigenvalue weighted by atomic mass is 16.1. The Morgan fingerprint density at radius 2 is 2.16 bits per heavy atom. The van der Waals surface area contributed by atoms with Crippen molar-refractivity contribution in [2.45, 2.75) is 6.54 Å². The number of benzene rings is 1. The molecule has 0 amide bonds. The van der Waals surface area contributed by atoms with E-state index in [1.165, 1.54) is 0 Å². The van der Waals surface area contributed by atoms with Crippen LogP contribution < -0.4 is 5.73 Å². The van der Waals surface area contributed by atoms with Gasteiger partial charge in [0, 0.05) is 35.6 Å². The minimum Gasteiger partial charge on any atom is -0.326 e. The number of hydrogen-bond donors (Lipinski definition) is 1. The highest BCUT2D eigenvalue weighted by molar-refractivity contribution is 5.85. The maximum atomic E-state index is 10.7. The van der Waals surface area contributed by atoms with Crippen molar-refractivity contribution < 1.29 is 4.79 Å². The number of carbonyl (C=O) groups is 1. The molecule has 0 aliphatic rings. The van der Waals surface area contributed by atoms with E-state index in [2.05, 4.69) is 4.98 Å². The summed E-state index contributed by atoms with van der Waals surface area (Å²) in [5.41, 5.74) is 9.17. The van der Waals surface area contributed by atoms with E-state index in [1.54, 1.807) is 6.20 Å². The predicted molar refractivity (Wildman–Crippen MR) is 74.3 cm³/mol. The van der Waals surface area contributed by atoms with E-state index in [0.717, 1.165) is 28.6 Å².